The molecule has 1 atom stereocenters. The summed E-state index contributed by atoms with van der Waals surface area (Å²) in [6.45, 7) is 6.04. The van der Waals surface area contributed by atoms with Gasteiger partial charge in [-0.2, -0.15) is 0 Å². The zero-order valence-corrected chi connectivity index (χ0v) is 15.9. The second-order valence-electron chi connectivity index (χ2n) is 7.76. The molecule has 26 heavy (non-hydrogen) atoms. The largest absolute Gasteiger partial charge is 0.496 e. The zero-order chi connectivity index (χ0) is 18.3. The van der Waals surface area contributed by atoms with Crippen LogP contribution in [0.15, 0.2) is 28.7 Å². The lowest BCUT2D eigenvalue weighted by Crippen LogP contribution is -2.39. The van der Waals surface area contributed by atoms with E-state index in [1.165, 1.54) is 12.8 Å². The Bertz CT molecular complexity index is 819. The van der Waals surface area contributed by atoms with E-state index in [0.29, 0.717) is 5.76 Å². The first-order valence-corrected chi connectivity index (χ1v) is 9.60. The van der Waals surface area contributed by atoms with Crippen LogP contribution in [0, 0.1) is 19.8 Å². The third kappa shape index (κ3) is 3.30. The molecule has 2 fully saturated rings. The van der Waals surface area contributed by atoms with Gasteiger partial charge in [-0.3, -0.25) is 9.69 Å². The average Bonchev–Trinajstić information content (AvgIpc) is 3.44. The van der Waals surface area contributed by atoms with E-state index in [4.69, 9.17) is 9.15 Å². The van der Waals surface area contributed by atoms with Crippen molar-refractivity contribution in [1.29, 1.82) is 0 Å². The summed E-state index contributed by atoms with van der Waals surface area (Å²) in [5.74, 6) is 2.21. The number of hydrogen-bond acceptors (Lipinski definition) is 4. The molecule has 0 amide bonds. The summed E-state index contributed by atoms with van der Waals surface area (Å²) in [7, 11) is 1.66. The van der Waals surface area contributed by atoms with Gasteiger partial charge in [0.2, 0.25) is 5.78 Å². The van der Waals surface area contributed by atoms with Gasteiger partial charge in [-0.1, -0.05) is 6.07 Å². The molecule has 1 saturated heterocycles. The number of rotatable bonds is 5. The highest BCUT2D eigenvalue weighted by Crippen LogP contribution is 2.36. The number of carbonyl (C=O) groups is 1. The molecule has 1 aromatic heterocycles. The van der Waals surface area contributed by atoms with Crippen molar-refractivity contribution in [2.45, 2.75) is 45.6 Å². The Kier molecular flexibility index (Phi) is 4.62. The van der Waals surface area contributed by atoms with Gasteiger partial charge in [0.15, 0.2) is 5.76 Å². The van der Waals surface area contributed by atoms with E-state index in [0.717, 1.165) is 60.2 Å². The molecule has 1 aliphatic heterocycles. The van der Waals surface area contributed by atoms with Crippen molar-refractivity contribution in [3.63, 3.8) is 0 Å². The number of furan rings is 1. The van der Waals surface area contributed by atoms with Gasteiger partial charge in [0.05, 0.1) is 12.7 Å². The molecule has 4 nitrogen and oxygen atoms in total. The summed E-state index contributed by atoms with van der Waals surface area (Å²) in [6, 6.07) is 8.65. The minimum atomic E-state index is 0.0580. The van der Waals surface area contributed by atoms with Crippen LogP contribution >= 0.6 is 0 Å². The highest BCUT2D eigenvalue weighted by atomic mass is 16.5. The van der Waals surface area contributed by atoms with E-state index < -0.39 is 0 Å². The third-order valence-corrected chi connectivity index (χ3v) is 5.65. The molecule has 0 N–H and O–H groups in total. The van der Waals surface area contributed by atoms with Crippen LogP contribution in [-0.4, -0.2) is 36.9 Å². The highest BCUT2D eigenvalue weighted by Gasteiger charge is 2.36. The van der Waals surface area contributed by atoms with Gasteiger partial charge in [0, 0.05) is 18.5 Å². The number of nitrogens with zero attached hydrogens (tertiary/aromatic N) is 1. The summed E-state index contributed by atoms with van der Waals surface area (Å²) in [6.07, 6.45) is 4.65. The highest BCUT2D eigenvalue weighted by molar-refractivity contribution is 5.96. The molecule has 1 aromatic carbocycles. The van der Waals surface area contributed by atoms with Gasteiger partial charge in [0.25, 0.3) is 0 Å². The smallest absolute Gasteiger partial charge is 0.202 e. The quantitative estimate of drug-likeness (QED) is 0.735. The Labute approximate surface area is 155 Å². The third-order valence-electron chi connectivity index (χ3n) is 5.65. The normalized spacial score (nSPS) is 21.0. The van der Waals surface area contributed by atoms with E-state index in [-0.39, 0.29) is 11.7 Å². The summed E-state index contributed by atoms with van der Waals surface area (Å²) in [5.41, 5.74) is 3.01. The van der Waals surface area contributed by atoms with Crippen molar-refractivity contribution >= 4 is 5.78 Å². The Morgan fingerprint density at radius 1 is 1.19 bits per heavy atom. The second-order valence-corrected chi connectivity index (χ2v) is 7.76. The standard InChI is InChI=1S/C22H27NO3/c1-14-6-9-18(19(11-14)25-3)22-15(2)12-20(26-22)21(24)16-5-4-10-23(13-16)17-7-8-17/h6,9,11-12,16-17H,4-5,7-8,10,13H2,1-3H3/t16-/m1/s1. The van der Waals surface area contributed by atoms with Gasteiger partial charge in [-0.25, -0.2) is 0 Å². The number of hydrogen-bond donors (Lipinski definition) is 0. The van der Waals surface area contributed by atoms with Gasteiger partial charge < -0.3 is 9.15 Å². The van der Waals surface area contributed by atoms with E-state index in [2.05, 4.69) is 4.90 Å². The molecule has 2 aliphatic rings. The van der Waals surface area contributed by atoms with Crippen LogP contribution in [0.1, 0.15) is 47.4 Å². The molecule has 4 heteroatoms. The first-order chi connectivity index (χ1) is 12.6. The molecule has 2 aromatic rings. The van der Waals surface area contributed by atoms with Crippen LogP contribution in [0.3, 0.4) is 0 Å². The zero-order valence-electron chi connectivity index (χ0n) is 15.9. The van der Waals surface area contributed by atoms with Crippen LogP contribution in [-0.2, 0) is 0 Å². The fraction of sp³-hybridized carbons (Fsp3) is 0.500. The maximum Gasteiger partial charge on any atom is 0.202 e. The summed E-state index contributed by atoms with van der Waals surface area (Å²) in [5, 5.41) is 0. The van der Waals surface area contributed by atoms with Crippen molar-refractivity contribution in [2.75, 3.05) is 20.2 Å². The molecule has 0 radical (unpaired) electrons. The minimum Gasteiger partial charge on any atom is -0.496 e. The molecule has 4 rings (SSSR count). The molecule has 1 aliphatic carbocycles. The number of aryl methyl sites for hydroxylation is 2. The minimum absolute atomic E-state index is 0.0580. The van der Waals surface area contributed by atoms with Gasteiger partial charge in [0.1, 0.15) is 11.5 Å². The van der Waals surface area contributed by atoms with E-state index in [1.807, 2.05) is 38.1 Å². The monoisotopic (exact) mass is 353 g/mol. The fourth-order valence-corrected chi connectivity index (χ4v) is 4.05. The van der Waals surface area contributed by atoms with E-state index in [9.17, 15) is 4.79 Å². The maximum atomic E-state index is 13.0. The number of ether oxygens (including phenoxy) is 1. The van der Waals surface area contributed by atoms with Crippen LogP contribution in [0.5, 0.6) is 5.75 Å². The molecular weight excluding hydrogens is 326 g/mol. The Hall–Kier alpha value is -2.07. The van der Waals surface area contributed by atoms with Crippen molar-refractivity contribution in [3.05, 3.63) is 41.2 Å². The number of Topliss-reactive ketones (excluding diaryl/α,β-unsaturated/α-hetero) is 1. The predicted octanol–water partition coefficient (Wildman–Crippen LogP) is 4.63. The first-order valence-electron chi connectivity index (χ1n) is 9.60. The summed E-state index contributed by atoms with van der Waals surface area (Å²) >= 11 is 0. The van der Waals surface area contributed by atoms with Gasteiger partial charge >= 0.3 is 0 Å². The Morgan fingerprint density at radius 2 is 2.00 bits per heavy atom. The van der Waals surface area contributed by atoms with Crippen molar-refractivity contribution < 1.29 is 13.9 Å². The molecule has 0 bridgehead atoms. The molecule has 2 heterocycles. The fourth-order valence-electron chi connectivity index (χ4n) is 4.05. The van der Waals surface area contributed by atoms with Gasteiger partial charge in [-0.05, 0) is 75.4 Å². The van der Waals surface area contributed by atoms with Gasteiger partial charge in [-0.15, -0.1) is 0 Å². The van der Waals surface area contributed by atoms with Crippen LogP contribution in [0.25, 0.3) is 11.3 Å². The molecular formula is C22H27NO3. The molecule has 0 spiro atoms. The Balaban J connectivity index is 1.59. The second kappa shape index (κ2) is 6.92. The molecule has 138 valence electrons. The lowest BCUT2D eigenvalue weighted by molar-refractivity contribution is 0.0784. The predicted molar refractivity (Wildman–Crippen MR) is 102 cm³/mol. The van der Waals surface area contributed by atoms with Crippen LogP contribution in [0.4, 0.5) is 0 Å². The topological polar surface area (TPSA) is 42.7 Å². The molecule has 0 unspecified atom stereocenters. The van der Waals surface area contributed by atoms with Crippen molar-refractivity contribution in [2.24, 2.45) is 5.92 Å². The number of benzene rings is 1. The molecule has 1 saturated carbocycles. The average molecular weight is 353 g/mol. The summed E-state index contributed by atoms with van der Waals surface area (Å²) < 4.78 is 11.6. The number of methoxy groups -OCH3 is 1. The SMILES string of the molecule is COc1cc(C)ccc1-c1oc(C(=O)[C@@H]2CCCN(C3CC3)C2)cc1C. The van der Waals surface area contributed by atoms with Crippen LogP contribution < -0.4 is 4.74 Å². The van der Waals surface area contributed by atoms with Crippen molar-refractivity contribution in [1.82, 2.24) is 4.90 Å². The maximum absolute atomic E-state index is 13.0. The number of carbonyl (C=O) groups excluding carboxylic acids is 1. The lowest BCUT2D eigenvalue weighted by atomic mass is 9.92. The van der Waals surface area contributed by atoms with Crippen molar-refractivity contribution in [3.8, 4) is 17.1 Å². The Morgan fingerprint density at radius 3 is 2.73 bits per heavy atom. The van der Waals surface area contributed by atoms with E-state index in [1.54, 1.807) is 7.11 Å². The number of ketones is 1. The first kappa shape index (κ1) is 17.3. The number of likely N-dealkylation sites (tertiary alicyclic amines) is 1. The van der Waals surface area contributed by atoms with E-state index >= 15 is 0 Å². The number of piperidine rings is 1. The summed E-state index contributed by atoms with van der Waals surface area (Å²) in [4.78, 5) is 15.5. The lowest BCUT2D eigenvalue weighted by Gasteiger charge is -2.31. The van der Waals surface area contributed by atoms with Crippen LogP contribution in [0.2, 0.25) is 0 Å².